The third-order valence-electron chi connectivity index (χ3n) is 3.55. The maximum Gasteiger partial charge on any atom is 0.412 e. The molecule has 2 aromatic carbocycles. The summed E-state index contributed by atoms with van der Waals surface area (Å²) in [6.45, 7) is -0.0116. The number of carbonyl (C=O) groups excluding carboxylic acids is 1. The van der Waals surface area contributed by atoms with Crippen molar-refractivity contribution in [1.29, 1.82) is 0 Å². The van der Waals surface area contributed by atoms with Gasteiger partial charge in [0.2, 0.25) is 0 Å². The third-order valence-corrected chi connectivity index (χ3v) is 4.96. The van der Waals surface area contributed by atoms with E-state index in [2.05, 4.69) is 27.9 Å². The molecule has 0 saturated heterocycles. The molecule has 0 aromatic heterocycles. The van der Waals surface area contributed by atoms with Crippen LogP contribution >= 0.6 is 34.4 Å². The number of hydrogen-bond acceptors (Lipinski definition) is 5. The number of anilines is 1. The summed E-state index contributed by atoms with van der Waals surface area (Å²) in [6, 6.07) is 12.6. The summed E-state index contributed by atoms with van der Waals surface area (Å²) in [5.41, 5.74) is 1.17. The van der Waals surface area contributed by atoms with E-state index in [0.29, 0.717) is 24.1 Å². The number of halogens is 1. The molecule has 134 valence electrons. The van der Waals surface area contributed by atoms with Gasteiger partial charge in [0.15, 0.2) is 0 Å². The number of carbonyl (C=O) groups is 1. The Morgan fingerprint density at radius 3 is 2.64 bits per heavy atom. The number of ether oxygens (including phenoxy) is 1. The van der Waals surface area contributed by atoms with Crippen LogP contribution in [0.5, 0.6) is 5.75 Å². The molecule has 5 nitrogen and oxygen atoms in total. The number of phenolic OH excluding ortho intramolecular Hbond substituents is 1. The van der Waals surface area contributed by atoms with E-state index in [0.717, 1.165) is 8.47 Å². The van der Waals surface area contributed by atoms with Gasteiger partial charge in [-0.25, -0.2) is 4.79 Å². The average Bonchev–Trinajstić information content (AvgIpc) is 2.61. The highest BCUT2D eigenvalue weighted by Gasteiger charge is 2.20. The summed E-state index contributed by atoms with van der Waals surface area (Å²) in [7, 11) is 0. The fourth-order valence-electron chi connectivity index (χ4n) is 2.29. The fourth-order valence-corrected chi connectivity index (χ4v) is 3.21. The molecule has 0 saturated carbocycles. The van der Waals surface area contributed by atoms with Crippen LogP contribution in [-0.4, -0.2) is 29.2 Å². The SMILES string of the molecule is CSc1ccc(NC(=O)O[C@@H](CCCO)c2cc(I)ccc2O)cc1. The molecule has 2 aromatic rings. The van der Waals surface area contributed by atoms with Crippen molar-refractivity contribution in [1.82, 2.24) is 0 Å². The smallest absolute Gasteiger partial charge is 0.412 e. The Labute approximate surface area is 164 Å². The zero-order valence-corrected chi connectivity index (χ0v) is 16.7. The van der Waals surface area contributed by atoms with Crippen LogP contribution in [0.1, 0.15) is 24.5 Å². The molecule has 0 aliphatic heterocycles. The Hall–Kier alpha value is -1.45. The van der Waals surface area contributed by atoms with E-state index < -0.39 is 12.2 Å². The first-order valence-electron chi connectivity index (χ1n) is 7.74. The van der Waals surface area contributed by atoms with Crippen molar-refractivity contribution in [2.45, 2.75) is 23.8 Å². The van der Waals surface area contributed by atoms with Crippen molar-refractivity contribution < 1.29 is 19.7 Å². The number of aliphatic hydroxyl groups excluding tert-OH is 1. The molecule has 0 radical (unpaired) electrons. The van der Waals surface area contributed by atoms with Gasteiger partial charge in [-0.3, -0.25) is 5.32 Å². The summed E-state index contributed by atoms with van der Waals surface area (Å²) in [4.78, 5) is 13.3. The molecule has 0 heterocycles. The van der Waals surface area contributed by atoms with E-state index in [-0.39, 0.29) is 12.4 Å². The number of hydrogen-bond donors (Lipinski definition) is 3. The van der Waals surface area contributed by atoms with Crippen LogP contribution in [0.2, 0.25) is 0 Å². The maximum absolute atomic E-state index is 12.2. The largest absolute Gasteiger partial charge is 0.508 e. The molecule has 0 aliphatic rings. The lowest BCUT2D eigenvalue weighted by atomic mass is 10.0. The minimum Gasteiger partial charge on any atom is -0.508 e. The van der Waals surface area contributed by atoms with Gasteiger partial charge in [-0.15, -0.1) is 11.8 Å². The highest BCUT2D eigenvalue weighted by Crippen LogP contribution is 2.32. The van der Waals surface area contributed by atoms with Crippen LogP contribution in [0.4, 0.5) is 10.5 Å². The lowest BCUT2D eigenvalue weighted by molar-refractivity contribution is 0.0979. The molecular weight excluding hydrogens is 453 g/mol. The van der Waals surface area contributed by atoms with E-state index >= 15 is 0 Å². The number of amides is 1. The van der Waals surface area contributed by atoms with Crippen molar-refractivity contribution in [3.05, 3.63) is 51.6 Å². The van der Waals surface area contributed by atoms with E-state index in [4.69, 9.17) is 9.84 Å². The predicted molar refractivity (Wildman–Crippen MR) is 108 cm³/mol. The Morgan fingerprint density at radius 1 is 1.28 bits per heavy atom. The molecule has 1 amide bonds. The maximum atomic E-state index is 12.2. The van der Waals surface area contributed by atoms with Crippen LogP contribution in [0, 0.1) is 3.57 Å². The van der Waals surface area contributed by atoms with Crippen LogP contribution in [0.3, 0.4) is 0 Å². The van der Waals surface area contributed by atoms with Crippen LogP contribution in [-0.2, 0) is 4.74 Å². The van der Waals surface area contributed by atoms with E-state index in [1.165, 1.54) is 0 Å². The van der Waals surface area contributed by atoms with E-state index in [9.17, 15) is 9.90 Å². The highest BCUT2D eigenvalue weighted by molar-refractivity contribution is 14.1. The average molecular weight is 473 g/mol. The summed E-state index contributed by atoms with van der Waals surface area (Å²) >= 11 is 3.75. The normalized spacial score (nSPS) is 11.8. The van der Waals surface area contributed by atoms with Gasteiger partial charge in [0, 0.05) is 26.3 Å². The van der Waals surface area contributed by atoms with Gasteiger partial charge in [0.05, 0.1) is 0 Å². The topological polar surface area (TPSA) is 78.8 Å². The second-order valence-electron chi connectivity index (χ2n) is 5.32. The molecule has 0 spiro atoms. The van der Waals surface area contributed by atoms with Gasteiger partial charge in [0.25, 0.3) is 0 Å². The Kier molecular flexibility index (Phi) is 7.86. The molecule has 0 fully saturated rings. The summed E-state index contributed by atoms with van der Waals surface area (Å²) in [5.74, 6) is 0.0699. The second-order valence-corrected chi connectivity index (χ2v) is 7.44. The minimum atomic E-state index is -0.632. The molecule has 25 heavy (non-hydrogen) atoms. The molecule has 3 N–H and O–H groups in total. The highest BCUT2D eigenvalue weighted by atomic mass is 127. The van der Waals surface area contributed by atoms with Crippen molar-refractivity contribution in [2.24, 2.45) is 0 Å². The molecule has 7 heteroatoms. The summed E-state index contributed by atoms with van der Waals surface area (Å²) in [5, 5.41) is 21.9. The van der Waals surface area contributed by atoms with Gasteiger partial charge in [-0.1, -0.05) is 0 Å². The first kappa shape index (κ1) is 19.9. The number of aromatic hydroxyl groups is 1. The van der Waals surface area contributed by atoms with Crippen LogP contribution < -0.4 is 5.32 Å². The Balaban J connectivity index is 2.09. The molecule has 2 rings (SSSR count). The van der Waals surface area contributed by atoms with Gasteiger partial charge >= 0.3 is 6.09 Å². The van der Waals surface area contributed by atoms with Crippen molar-refractivity contribution in [3.8, 4) is 5.75 Å². The zero-order chi connectivity index (χ0) is 18.2. The van der Waals surface area contributed by atoms with Gasteiger partial charge < -0.3 is 14.9 Å². The number of nitrogens with one attached hydrogen (secondary N) is 1. The second kappa shape index (κ2) is 9.88. The van der Waals surface area contributed by atoms with Crippen molar-refractivity contribution in [3.63, 3.8) is 0 Å². The predicted octanol–water partition coefficient (Wildman–Crippen LogP) is 4.78. The first-order chi connectivity index (χ1) is 12.0. The number of phenols is 1. The quantitative estimate of drug-likeness (QED) is 0.399. The van der Waals surface area contributed by atoms with Crippen molar-refractivity contribution in [2.75, 3.05) is 18.2 Å². The minimum absolute atomic E-state index is 0.0116. The number of benzene rings is 2. The van der Waals surface area contributed by atoms with Gasteiger partial charge in [0.1, 0.15) is 11.9 Å². The summed E-state index contributed by atoms with van der Waals surface area (Å²) in [6.07, 6.45) is 1.63. The lowest BCUT2D eigenvalue weighted by Gasteiger charge is -2.19. The molecule has 0 unspecified atom stereocenters. The van der Waals surface area contributed by atoms with E-state index in [1.807, 2.05) is 18.4 Å². The molecule has 0 aliphatic carbocycles. The number of rotatable bonds is 7. The monoisotopic (exact) mass is 473 g/mol. The van der Waals surface area contributed by atoms with E-state index in [1.54, 1.807) is 42.1 Å². The fraction of sp³-hybridized carbons (Fsp3) is 0.278. The van der Waals surface area contributed by atoms with Gasteiger partial charge in [-0.05, 0) is 84.2 Å². The third kappa shape index (κ3) is 6.09. The first-order valence-corrected chi connectivity index (χ1v) is 10.0. The Morgan fingerprint density at radius 2 is 2.00 bits per heavy atom. The van der Waals surface area contributed by atoms with Crippen molar-refractivity contribution >= 4 is 46.1 Å². The Bertz CT molecular complexity index is 709. The molecule has 1 atom stereocenters. The van der Waals surface area contributed by atoms with Gasteiger partial charge in [-0.2, -0.15) is 0 Å². The zero-order valence-electron chi connectivity index (χ0n) is 13.7. The van der Waals surface area contributed by atoms with Crippen LogP contribution in [0.25, 0.3) is 0 Å². The number of thioether (sulfide) groups is 1. The summed E-state index contributed by atoms with van der Waals surface area (Å²) < 4.78 is 6.43. The van der Waals surface area contributed by atoms with Crippen LogP contribution in [0.15, 0.2) is 47.4 Å². The molecular formula is C18H20INO4S. The lowest BCUT2D eigenvalue weighted by Crippen LogP contribution is -2.18. The standard InChI is InChI=1S/C18H20INO4S/c1-25-14-7-5-13(6-8-14)20-18(23)24-17(3-2-10-21)15-11-12(19)4-9-16(15)22/h4-9,11,17,21-22H,2-3,10H2,1H3,(H,20,23)/t17-/m0/s1. The molecule has 0 bridgehead atoms. The number of aliphatic hydroxyl groups is 1.